The van der Waals surface area contributed by atoms with Crippen LogP contribution in [0.2, 0.25) is 0 Å². The Morgan fingerprint density at radius 3 is 2.53 bits per heavy atom. The Hall–Kier alpha value is -1.50. The lowest BCUT2D eigenvalue weighted by molar-refractivity contribution is -0.137. The summed E-state index contributed by atoms with van der Waals surface area (Å²) in [6, 6.07) is 4.78. The van der Waals surface area contributed by atoms with Gasteiger partial charge >= 0.3 is 6.18 Å². The quantitative estimate of drug-likeness (QED) is 0.910. The summed E-state index contributed by atoms with van der Waals surface area (Å²) in [6.45, 7) is 1.54. The molecule has 1 heterocycles. The van der Waals surface area contributed by atoms with Crippen LogP contribution in [0, 0.1) is 0 Å². The standard InChI is InChI=1S/C12H10F3NO2S/c1-11(9(17)16-10(18)19-11)6-7-3-2-4-8(5-7)12(13,14)15/h2-5H,6H2,1H3,(H,16,17,18). The van der Waals surface area contributed by atoms with Crippen molar-refractivity contribution in [1.29, 1.82) is 0 Å². The SMILES string of the molecule is CC1(Cc2cccc(C(F)(F)F)c2)SC(=O)NC1=O. The molecule has 1 aliphatic rings. The Labute approximate surface area is 111 Å². The summed E-state index contributed by atoms with van der Waals surface area (Å²) in [4.78, 5) is 22.8. The summed E-state index contributed by atoms with van der Waals surface area (Å²) in [5.41, 5.74) is -0.391. The minimum atomic E-state index is -4.42. The van der Waals surface area contributed by atoms with Crippen molar-refractivity contribution in [3.63, 3.8) is 0 Å². The molecule has 1 atom stereocenters. The molecular weight excluding hydrogens is 279 g/mol. The minimum absolute atomic E-state index is 0.0686. The van der Waals surface area contributed by atoms with Crippen molar-refractivity contribution in [2.24, 2.45) is 0 Å². The highest BCUT2D eigenvalue weighted by molar-refractivity contribution is 8.16. The van der Waals surface area contributed by atoms with E-state index < -0.39 is 27.6 Å². The van der Waals surface area contributed by atoms with Crippen LogP contribution < -0.4 is 5.32 Å². The Morgan fingerprint density at radius 1 is 1.32 bits per heavy atom. The van der Waals surface area contributed by atoms with Gasteiger partial charge in [0, 0.05) is 0 Å². The third-order valence-electron chi connectivity index (χ3n) is 2.81. The second-order valence-corrected chi connectivity index (χ2v) is 5.93. The smallest absolute Gasteiger partial charge is 0.286 e. The Bertz CT molecular complexity index is 544. The zero-order chi connectivity index (χ0) is 14.3. The molecule has 1 aliphatic heterocycles. The predicted molar refractivity (Wildman–Crippen MR) is 64.7 cm³/mol. The van der Waals surface area contributed by atoms with Crippen molar-refractivity contribution in [2.45, 2.75) is 24.3 Å². The number of halogens is 3. The van der Waals surface area contributed by atoms with E-state index in [0.717, 1.165) is 23.9 Å². The van der Waals surface area contributed by atoms with Crippen molar-refractivity contribution < 1.29 is 22.8 Å². The van der Waals surface area contributed by atoms with Gasteiger partial charge in [-0.15, -0.1) is 0 Å². The number of carbonyl (C=O) groups is 2. The van der Waals surface area contributed by atoms with Crippen molar-refractivity contribution in [3.8, 4) is 0 Å². The molecule has 0 radical (unpaired) electrons. The average molecular weight is 289 g/mol. The fourth-order valence-electron chi connectivity index (χ4n) is 1.86. The molecule has 1 unspecified atom stereocenters. The molecule has 7 heteroatoms. The van der Waals surface area contributed by atoms with E-state index in [9.17, 15) is 22.8 Å². The molecule has 0 saturated carbocycles. The van der Waals surface area contributed by atoms with E-state index in [1.165, 1.54) is 19.1 Å². The van der Waals surface area contributed by atoms with Crippen LogP contribution in [0.4, 0.5) is 18.0 Å². The van der Waals surface area contributed by atoms with Crippen molar-refractivity contribution in [3.05, 3.63) is 35.4 Å². The lowest BCUT2D eigenvalue weighted by Gasteiger charge is -2.18. The van der Waals surface area contributed by atoms with Gasteiger partial charge in [0.15, 0.2) is 0 Å². The number of hydrogen-bond donors (Lipinski definition) is 1. The largest absolute Gasteiger partial charge is 0.416 e. The molecule has 1 aromatic rings. The van der Waals surface area contributed by atoms with Crippen LogP contribution in [0.1, 0.15) is 18.1 Å². The van der Waals surface area contributed by atoms with Crippen LogP contribution in [-0.2, 0) is 17.4 Å². The topological polar surface area (TPSA) is 46.2 Å². The number of rotatable bonds is 2. The fourth-order valence-corrected chi connectivity index (χ4v) is 2.80. The molecule has 102 valence electrons. The molecule has 1 fully saturated rings. The lowest BCUT2D eigenvalue weighted by Crippen LogP contribution is -2.35. The van der Waals surface area contributed by atoms with E-state index in [-0.39, 0.29) is 6.42 Å². The van der Waals surface area contributed by atoms with E-state index in [4.69, 9.17) is 0 Å². The van der Waals surface area contributed by atoms with Gasteiger partial charge in [-0.25, -0.2) is 0 Å². The van der Waals surface area contributed by atoms with E-state index in [1.54, 1.807) is 0 Å². The fraction of sp³-hybridized carbons (Fsp3) is 0.333. The average Bonchev–Trinajstić information content (AvgIpc) is 2.51. The molecule has 0 aliphatic carbocycles. The van der Waals surface area contributed by atoms with Gasteiger partial charge in [-0.3, -0.25) is 14.9 Å². The van der Waals surface area contributed by atoms with E-state index in [1.807, 2.05) is 0 Å². The second-order valence-electron chi connectivity index (χ2n) is 4.45. The van der Waals surface area contributed by atoms with Gasteiger partial charge in [-0.05, 0) is 36.7 Å². The first-order chi connectivity index (χ1) is 8.71. The van der Waals surface area contributed by atoms with Crippen LogP contribution in [0.15, 0.2) is 24.3 Å². The highest BCUT2D eigenvalue weighted by Crippen LogP contribution is 2.36. The number of carbonyl (C=O) groups excluding carboxylic acids is 2. The van der Waals surface area contributed by atoms with Gasteiger partial charge < -0.3 is 0 Å². The van der Waals surface area contributed by atoms with Crippen molar-refractivity contribution >= 4 is 22.9 Å². The zero-order valence-electron chi connectivity index (χ0n) is 9.88. The van der Waals surface area contributed by atoms with Crippen LogP contribution in [0.25, 0.3) is 0 Å². The third kappa shape index (κ3) is 2.91. The minimum Gasteiger partial charge on any atom is -0.286 e. The molecular formula is C12H10F3NO2S. The van der Waals surface area contributed by atoms with Gasteiger partial charge in [0.1, 0.15) is 4.75 Å². The summed E-state index contributed by atoms with van der Waals surface area (Å²) >= 11 is 0.803. The maximum absolute atomic E-state index is 12.6. The monoisotopic (exact) mass is 289 g/mol. The maximum atomic E-state index is 12.6. The van der Waals surface area contributed by atoms with Gasteiger partial charge in [0.05, 0.1) is 5.56 Å². The summed E-state index contributed by atoms with van der Waals surface area (Å²) in [5, 5.41) is 1.66. The molecule has 0 bridgehead atoms. The maximum Gasteiger partial charge on any atom is 0.416 e. The zero-order valence-corrected chi connectivity index (χ0v) is 10.7. The molecule has 1 N–H and O–H groups in total. The van der Waals surface area contributed by atoms with Crippen LogP contribution in [-0.4, -0.2) is 15.9 Å². The number of benzene rings is 1. The molecule has 19 heavy (non-hydrogen) atoms. The predicted octanol–water partition coefficient (Wildman–Crippen LogP) is 2.99. The first-order valence-corrected chi connectivity index (χ1v) is 6.23. The van der Waals surface area contributed by atoms with E-state index in [2.05, 4.69) is 5.32 Å². The van der Waals surface area contributed by atoms with Gasteiger partial charge in [-0.2, -0.15) is 13.2 Å². The number of alkyl halides is 3. The number of nitrogens with one attached hydrogen (secondary N) is 1. The molecule has 2 amide bonds. The summed E-state index contributed by atoms with van der Waals surface area (Å²) in [5.74, 6) is -0.472. The van der Waals surface area contributed by atoms with Crippen LogP contribution in [0.3, 0.4) is 0 Å². The number of amides is 2. The molecule has 3 nitrogen and oxygen atoms in total. The lowest BCUT2D eigenvalue weighted by atomic mass is 9.98. The van der Waals surface area contributed by atoms with E-state index >= 15 is 0 Å². The van der Waals surface area contributed by atoms with Gasteiger partial charge in [0.25, 0.3) is 5.24 Å². The third-order valence-corrected chi connectivity index (χ3v) is 3.88. The first-order valence-electron chi connectivity index (χ1n) is 5.41. The van der Waals surface area contributed by atoms with Crippen molar-refractivity contribution in [2.75, 3.05) is 0 Å². The highest BCUT2D eigenvalue weighted by atomic mass is 32.2. The van der Waals surface area contributed by atoms with Crippen LogP contribution >= 0.6 is 11.8 Å². The number of hydrogen-bond acceptors (Lipinski definition) is 3. The number of thioether (sulfide) groups is 1. The van der Waals surface area contributed by atoms with Gasteiger partial charge in [0.2, 0.25) is 5.91 Å². The summed E-state index contributed by atoms with van der Waals surface area (Å²) < 4.78 is 36.7. The Morgan fingerprint density at radius 2 is 2.00 bits per heavy atom. The summed E-state index contributed by atoms with van der Waals surface area (Å²) in [7, 11) is 0. The molecule has 1 aromatic carbocycles. The summed E-state index contributed by atoms with van der Waals surface area (Å²) in [6.07, 6.45) is -4.35. The van der Waals surface area contributed by atoms with Crippen molar-refractivity contribution in [1.82, 2.24) is 5.32 Å². The molecule has 0 aromatic heterocycles. The Balaban J connectivity index is 2.25. The van der Waals surface area contributed by atoms with E-state index in [0.29, 0.717) is 5.56 Å². The number of imide groups is 1. The normalized spacial score (nSPS) is 23.6. The van der Waals surface area contributed by atoms with Crippen LogP contribution in [0.5, 0.6) is 0 Å². The molecule has 1 saturated heterocycles. The second kappa shape index (κ2) is 4.56. The first kappa shape index (κ1) is 13.9. The molecule has 0 spiro atoms. The molecule has 2 rings (SSSR count). The highest BCUT2D eigenvalue weighted by Gasteiger charge is 2.44. The van der Waals surface area contributed by atoms with Gasteiger partial charge in [-0.1, -0.05) is 18.2 Å². The Kier molecular flexibility index (Phi) is 3.34.